The first-order valence-corrected chi connectivity index (χ1v) is 31.8. The smallest absolute Gasteiger partial charge is 0.315 e. The van der Waals surface area contributed by atoms with Crippen molar-refractivity contribution >= 4 is 11.9 Å². The van der Waals surface area contributed by atoms with Crippen molar-refractivity contribution in [3.05, 3.63) is 11.6 Å². The van der Waals surface area contributed by atoms with Crippen molar-refractivity contribution in [3.63, 3.8) is 0 Å². The van der Waals surface area contributed by atoms with Crippen LogP contribution in [0.3, 0.4) is 0 Å². The fourth-order valence-corrected chi connectivity index (χ4v) is 17.9. The van der Waals surface area contributed by atoms with Gasteiger partial charge >= 0.3 is 11.9 Å². The summed E-state index contributed by atoms with van der Waals surface area (Å²) in [5.74, 6) is -1.63. The van der Waals surface area contributed by atoms with Crippen molar-refractivity contribution in [2.24, 2.45) is 50.2 Å². The Morgan fingerprint density at radius 1 is 0.489 bits per heavy atom. The van der Waals surface area contributed by atoms with Crippen LogP contribution in [0.5, 0.6) is 0 Å². The van der Waals surface area contributed by atoms with Gasteiger partial charge in [0.15, 0.2) is 25.2 Å². The van der Waals surface area contributed by atoms with Crippen LogP contribution >= 0.6 is 0 Å². The maximum Gasteiger partial charge on any atom is 0.315 e. The third-order valence-corrected chi connectivity index (χ3v) is 23.5. The van der Waals surface area contributed by atoms with Crippen molar-refractivity contribution in [1.29, 1.82) is 0 Å². The fraction of sp³-hybridized carbons (Fsp3) is 0.934. The van der Waals surface area contributed by atoms with Gasteiger partial charge in [-0.15, -0.1) is 0 Å². The minimum absolute atomic E-state index is 0.0715. The van der Waals surface area contributed by atoms with Crippen LogP contribution in [0, 0.1) is 50.2 Å². The van der Waals surface area contributed by atoms with Crippen molar-refractivity contribution in [3.8, 4) is 0 Å². The lowest BCUT2D eigenvalue weighted by Gasteiger charge is -2.71. The average molecular weight is 1300 g/mol. The first-order valence-electron chi connectivity index (χ1n) is 31.8. The third-order valence-electron chi connectivity index (χ3n) is 23.5. The van der Waals surface area contributed by atoms with Crippen LogP contribution in [0.1, 0.15) is 120 Å². The zero-order chi connectivity index (χ0) is 65.9. The monoisotopic (exact) mass is 1290 g/mol. The SMILES string of the molecule is CC(=O)OC1O[C@@H](O[C@@H]2C(CO)O[C@@H](OCC3O[C@@H](OC(=O)[C@]45CCC(C)(C)CC4C4=CCC6[C@@]7(C)CC[C@H](O[C@@H]8OC(CO)[C@@H](O)C(O)[C@@H]8O[C@@H]8OC(CO)[C@@H](O)C(O)[C@@H]8O)C(C)(C)C7CC[C@@]6(C)[C@]4(C)CC5)[C@@H](O)C(O)[C@@H]3O)[C@@H](O)C2O)[C@@H](O)C(O)[C@H]1O. The molecule has 29 nitrogen and oxygen atoms in total. The topological polar surface area (TPSA) is 459 Å². The molecular formula is C61H98O29. The van der Waals surface area contributed by atoms with Crippen molar-refractivity contribution in [2.45, 2.75) is 279 Å². The van der Waals surface area contributed by atoms with Crippen LogP contribution in [-0.4, -0.2) is 280 Å². The molecule has 10 rings (SSSR count). The van der Waals surface area contributed by atoms with Gasteiger partial charge in [-0.05, 0) is 109 Å². The van der Waals surface area contributed by atoms with Gasteiger partial charge in [0.05, 0.1) is 37.9 Å². The van der Waals surface area contributed by atoms with E-state index >= 15 is 4.79 Å². The number of aliphatic hydroxyl groups excluding tert-OH is 16. The van der Waals surface area contributed by atoms with Crippen LogP contribution in [-0.2, 0) is 61.7 Å². The maximum atomic E-state index is 15.3. The summed E-state index contributed by atoms with van der Waals surface area (Å²) in [6.45, 7) is 13.7. The molecule has 5 aliphatic carbocycles. The molecule has 90 heavy (non-hydrogen) atoms. The fourth-order valence-electron chi connectivity index (χ4n) is 17.9. The molecule has 4 saturated carbocycles. The lowest BCUT2D eigenvalue weighted by atomic mass is 9.33. The molecule has 516 valence electrons. The molecule has 33 atom stereocenters. The Morgan fingerprint density at radius 2 is 0.989 bits per heavy atom. The largest absolute Gasteiger partial charge is 0.433 e. The third kappa shape index (κ3) is 12.1. The lowest BCUT2D eigenvalue weighted by Crippen LogP contribution is -2.67. The van der Waals surface area contributed by atoms with Gasteiger partial charge in [0, 0.05) is 6.92 Å². The minimum Gasteiger partial charge on any atom is -0.433 e. The Morgan fingerprint density at radius 3 is 1.61 bits per heavy atom. The second-order valence-corrected chi connectivity index (χ2v) is 29.4. The number of allylic oxidation sites excluding steroid dienone is 2. The van der Waals surface area contributed by atoms with E-state index in [0.29, 0.717) is 51.4 Å². The molecule has 5 heterocycles. The Kier molecular flexibility index (Phi) is 20.6. The number of carbonyl (C=O) groups excluding carboxylic acids is 2. The molecule has 5 aliphatic heterocycles. The minimum atomic E-state index is -1.98. The van der Waals surface area contributed by atoms with Crippen LogP contribution in [0.15, 0.2) is 11.6 Å². The molecule has 9 fully saturated rings. The van der Waals surface area contributed by atoms with Gasteiger partial charge < -0.3 is 134 Å². The highest BCUT2D eigenvalue weighted by Crippen LogP contribution is 2.76. The van der Waals surface area contributed by atoms with Gasteiger partial charge in [-0.2, -0.15) is 0 Å². The van der Waals surface area contributed by atoms with Crippen LogP contribution in [0.2, 0.25) is 0 Å². The molecule has 0 aromatic rings. The van der Waals surface area contributed by atoms with E-state index in [9.17, 15) is 86.5 Å². The second kappa shape index (κ2) is 26.3. The number of ether oxygens (including phenoxy) is 11. The predicted octanol–water partition coefficient (Wildman–Crippen LogP) is -3.68. The maximum absolute atomic E-state index is 15.3. The highest BCUT2D eigenvalue weighted by atomic mass is 16.8. The average Bonchev–Trinajstić information content (AvgIpc) is 1.25. The van der Waals surface area contributed by atoms with Gasteiger partial charge in [0.25, 0.3) is 0 Å². The van der Waals surface area contributed by atoms with Crippen LogP contribution in [0.4, 0.5) is 0 Å². The molecule has 10 aliphatic rings. The Hall–Kier alpha value is -2.32. The predicted molar refractivity (Wildman–Crippen MR) is 300 cm³/mol. The molecule has 0 radical (unpaired) electrons. The highest BCUT2D eigenvalue weighted by Gasteiger charge is 2.70. The van der Waals surface area contributed by atoms with Gasteiger partial charge in [0.2, 0.25) is 12.6 Å². The zero-order valence-corrected chi connectivity index (χ0v) is 52.2. The number of esters is 2. The van der Waals surface area contributed by atoms with Crippen molar-refractivity contribution in [1.82, 2.24) is 0 Å². The Bertz CT molecular complexity index is 2540. The number of aliphatic hydroxyl groups is 16. The summed E-state index contributed by atoms with van der Waals surface area (Å²) < 4.78 is 64.2. The van der Waals surface area contributed by atoms with Gasteiger partial charge in [-0.25, -0.2) is 0 Å². The molecule has 0 aromatic carbocycles. The molecule has 0 aromatic heterocycles. The zero-order valence-electron chi connectivity index (χ0n) is 52.2. The summed E-state index contributed by atoms with van der Waals surface area (Å²) in [6.07, 6.45) is -35.3. The van der Waals surface area contributed by atoms with E-state index in [4.69, 9.17) is 52.1 Å². The van der Waals surface area contributed by atoms with E-state index in [2.05, 4.69) is 54.5 Å². The molecule has 0 spiro atoms. The first-order chi connectivity index (χ1) is 42.1. The summed E-state index contributed by atoms with van der Waals surface area (Å²) in [5.41, 5.74) is -1.61. The summed E-state index contributed by atoms with van der Waals surface area (Å²) in [4.78, 5) is 26.9. The van der Waals surface area contributed by atoms with E-state index in [0.717, 1.165) is 19.8 Å². The Labute approximate surface area is 521 Å². The normalized spacial score (nSPS) is 52.5. The molecular weight excluding hydrogens is 1200 g/mol. The van der Waals surface area contributed by atoms with Crippen molar-refractivity contribution < 1.29 is 143 Å². The van der Waals surface area contributed by atoms with E-state index in [-0.39, 0.29) is 34.0 Å². The number of hydrogen-bond acceptors (Lipinski definition) is 29. The quantitative estimate of drug-likeness (QED) is 0.0426. The second-order valence-electron chi connectivity index (χ2n) is 29.4. The summed E-state index contributed by atoms with van der Waals surface area (Å²) >= 11 is 0. The van der Waals surface area contributed by atoms with E-state index in [1.165, 1.54) is 5.57 Å². The Balaban J connectivity index is 0.826. The molecule has 0 bridgehead atoms. The van der Waals surface area contributed by atoms with E-state index in [1.54, 1.807) is 0 Å². The van der Waals surface area contributed by atoms with Crippen LogP contribution in [0.25, 0.3) is 0 Å². The standard InChI is InChI=1S/C61H98O29/c1-24(65)81-50-44(76)39(71)45(77)53(89-50)87-47-29(22-64)84-49(46(78)41(47)73)80-23-30-36(68)38(70)43(75)52(85-30)90-55(79)61-17-15-56(2,3)19-26(61)25-9-10-32-58(6)13-12-33(57(4,5)31(58)11-14-60(32,8)59(25,7)16-18-61)86-54-48(40(72)35(67)28(21-63)83-54)88-51-42(74)37(69)34(66)27(20-62)82-51/h9,26-54,62-64,66-78H,10-23H2,1-8H3/t26?,27?,28?,29?,30?,31?,32?,33-,34+,35+,36+,37?,38?,39?,40?,41?,42-,43-,44+,45-,46-,47+,48-,49+,50?,51-,52-,53+,54-,58-,59+,60+,61-/m0/s1. The van der Waals surface area contributed by atoms with E-state index in [1.807, 2.05) is 0 Å². The van der Waals surface area contributed by atoms with Crippen molar-refractivity contribution in [2.75, 3.05) is 26.4 Å². The summed E-state index contributed by atoms with van der Waals surface area (Å²) in [6, 6.07) is 0. The number of hydrogen-bond donors (Lipinski definition) is 16. The van der Waals surface area contributed by atoms with Crippen LogP contribution < -0.4 is 0 Å². The number of carbonyl (C=O) groups is 2. The van der Waals surface area contributed by atoms with E-state index < -0.39 is 214 Å². The molecule has 13 unspecified atom stereocenters. The molecule has 5 saturated heterocycles. The molecule has 0 amide bonds. The summed E-state index contributed by atoms with van der Waals surface area (Å²) in [7, 11) is 0. The lowest BCUT2D eigenvalue weighted by molar-refractivity contribution is -0.380. The first kappa shape index (κ1) is 70.5. The summed E-state index contributed by atoms with van der Waals surface area (Å²) in [5, 5.41) is 172. The molecule has 29 heteroatoms. The van der Waals surface area contributed by atoms with Gasteiger partial charge in [0.1, 0.15) is 116 Å². The number of fused-ring (bicyclic) bond motifs is 7. The number of rotatable bonds is 15. The van der Waals surface area contributed by atoms with Gasteiger partial charge in [-0.3, -0.25) is 9.59 Å². The van der Waals surface area contributed by atoms with Gasteiger partial charge in [-0.1, -0.05) is 60.1 Å². The highest BCUT2D eigenvalue weighted by molar-refractivity contribution is 5.79. The molecule has 16 N–H and O–H groups in total.